The van der Waals surface area contributed by atoms with Crippen molar-refractivity contribution in [1.82, 2.24) is 9.97 Å². The molecule has 17 heavy (non-hydrogen) atoms. The Morgan fingerprint density at radius 3 is 2.76 bits per heavy atom. The molecular weight excluding hydrogens is 228 g/mol. The Balaban J connectivity index is 2.28. The van der Waals surface area contributed by atoms with Crippen molar-refractivity contribution in [2.24, 2.45) is 0 Å². The first-order valence-electron chi connectivity index (χ1n) is 5.44. The molecule has 3 heteroatoms. The fourth-order valence-corrected chi connectivity index (χ4v) is 3.26. The van der Waals surface area contributed by atoms with E-state index in [0.29, 0.717) is 0 Å². The molecule has 0 radical (unpaired) electrons. The third-order valence-electron chi connectivity index (χ3n) is 2.95. The zero-order chi connectivity index (χ0) is 11.2. The van der Waals surface area contributed by atoms with Gasteiger partial charge in [-0.3, -0.25) is 9.97 Å². The normalized spacial score (nSPS) is 11.5. The largest absolute Gasteiger partial charge is 0.256 e. The first-order valence-corrected chi connectivity index (χ1v) is 6.25. The second-order valence-electron chi connectivity index (χ2n) is 4.00. The Bertz CT molecular complexity index is 842. The molecule has 4 rings (SSSR count). The summed E-state index contributed by atoms with van der Waals surface area (Å²) in [5.74, 6) is 0. The van der Waals surface area contributed by atoms with E-state index in [4.69, 9.17) is 0 Å². The maximum atomic E-state index is 4.46. The van der Waals surface area contributed by atoms with Gasteiger partial charge < -0.3 is 0 Å². The Kier molecular flexibility index (Phi) is 1.73. The lowest BCUT2D eigenvalue weighted by Gasteiger charge is -1.96. The van der Waals surface area contributed by atoms with Crippen LogP contribution < -0.4 is 0 Å². The van der Waals surface area contributed by atoms with Gasteiger partial charge in [0.15, 0.2) is 0 Å². The van der Waals surface area contributed by atoms with E-state index in [1.54, 1.807) is 11.3 Å². The molecule has 3 heterocycles. The van der Waals surface area contributed by atoms with Gasteiger partial charge in [0, 0.05) is 27.9 Å². The fraction of sp³-hybridized carbons (Fsp3) is 0. The van der Waals surface area contributed by atoms with E-state index in [1.807, 2.05) is 24.5 Å². The molecule has 1 aromatic carbocycles. The van der Waals surface area contributed by atoms with E-state index in [1.165, 1.54) is 20.2 Å². The van der Waals surface area contributed by atoms with Crippen LogP contribution in [-0.2, 0) is 0 Å². The van der Waals surface area contributed by atoms with Gasteiger partial charge in [-0.05, 0) is 30.3 Å². The van der Waals surface area contributed by atoms with Crippen LogP contribution in [0.5, 0.6) is 0 Å². The lowest BCUT2D eigenvalue weighted by atomic mass is 10.1. The third-order valence-corrected chi connectivity index (χ3v) is 4.06. The van der Waals surface area contributed by atoms with Crippen LogP contribution in [-0.4, -0.2) is 9.97 Å². The lowest BCUT2D eigenvalue weighted by molar-refractivity contribution is 1.42. The summed E-state index contributed by atoms with van der Waals surface area (Å²) in [4.78, 5) is 8.85. The van der Waals surface area contributed by atoms with Crippen molar-refractivity contribution in [2.75, 3.05) is 0 Å². The highest BCUT2D eigenvalue weighted by molar-refractivity contribution is 7.25. The summed E-state index contributed by atoms with van der Waals surface area (Å²) in [6.45, 7) is 0. The van der Waals surface area contributed by atoms with Crippen molar-refractivity contribution in [3.8, 4) is 0 Å². The minimum atomic E-state index is 1.03. The number of hydrogen-bond donors (Lipinski definition) is 0. The molecule has 0 spiro atoms. The van der Waals surface area contributed by atoms with Crippen LogP contribution in [0.15, 0.2) is 48.8 Å². The standard InChI is InChI=1S/C14H8N2S/c1-3-9-7-13-10(8-11(9)15-5-1)14-12(17-13)4-2-6-16-14/h1-8H. The quantitative estimate of drug-likeness (QED) is 0.461. The number of nitrogens with zero attached hydrogens (tertiary/aromatic N) is 2. The molecule has 0 aliphatic carbocycles. The first kappa shape index (κ1) is 9.07. The highest BCUT2D eigenvalue weighted by atomic mass is 32.1. The van der Waals surface area contributed by atoms with Gasteiger partial charge in [0.05, 0.1) is 15.7 Å². The van der Waals surface area contributed by atoms with Crippen molar-refractivity contribution in [3.05, 3.63) is 48.8 Å². The van der Waals surface area contributed by atoms with E-state index in [9.17, 15) is 0 Å². The lowest BCUT2D eigenvalue weighted by Crippen LogP contribution is -1.77. The summed E-state index contributed by atoms with van der Waals surface area (Å²) >= 11 is 1.79. The van der Waals surface area contributed by atoms with Gasteiger partial charge in [-0.25, -0.2) is 0 Å². The highest BCUT2D eigenvalue weighted by Crippen LogP contribution is 2.34. The molecule has 0 fully saturated rings. The van der Waals surface area contributed by atoms with Crippen molar-refractivity contribution in [2.45, 2.75) is 0 Å². The van der Waals surface area contributed by atoms with Crippen LogP contribution in [0.25, 0.3) is 31.2 Å². The predicted molar refractivity (Wildman–Crippen MR) is 72.4 cm³/mol. The van der Waals surface area contributed by atoms with Crippen molar-refractivity contribution in [3.63, 3.8) is 0 Å². The van der Waals surface area contributed by atoms with Crippen molar-refractivity contribution < 1.29 is 0 Å². The van der Waals surface area contributed by atoms with Crippen LogP contribution in [0.2, 0.25) is 0 Å². The maximum absolute atomic E-state index is 4.46. The SMILES string of the molecule is c1cnc2cc3c(cc2c1)sc1cccnc13. The number of pyridine rings is 2. The van der Waals surface area contributed by atoms with Crippen LogP contribution in [0.1, 0.15) is 0 Å². The molecule has 0 unspecified atom stereocenters. The molecule has 0 saturated heterocycles. The molecule has 0 saturated carbocycles. The molecule has 80 valence electrons. The molecule has 0 amide bonds. The molecule has 3 aromatic heterocycles. The van der Waals surface area contributed by atoms with Gasteiger partial charge in [0.1, 0.15) is 0 Å². The number of thiophene rings is 1. The summed E-state index contributed by atoms with van der Waals surface area (Å²) in [7, 11) is 0. The molecule has 4 aromatic rings. The predicted octanol–water partition coefficient (Wildman–Crippen LogP) is 4.00. The molecule has 0 N–H and O–H groups in total. The monoisotopic (exact) mass is 236 g/mol. The van der Waals surface area contributed by atoms with Crippen LogP contribution in [0.4, 0.5) is 0 Å². The van der Waals surface area contributed by atoms with Gasteiger partial charge in [-0.1, -0.05) is 6.07 Å². The Labute approximate surface area is 102 Å². The third kappa shape index (κ3) is 1.26. The van der Waals surface area contributed by atoms with E-state index >= 15 is 0 Å². The average molecular weight is 236 g/mol. The maximum Gasteiger partial charge on any atom is 0.0889 e. The van der Waals surface area contributed by atoms with E-state index in [-0.39, 0.29) is 0 Å². The van der Waals surface area contributed by atoms with Gasteiger partial charge in [-0.2, -0.15) is 0 Å². The van der Waals surface area contributed by atoms with Crippen molar-refractivity contribution in [1.29, 1.82) is 0 Å². The Hall–Kier alpha value is -2.00. The molecule has 0 bridgehead atoms. The van der Waals surface area contributed by atoms with E-state index in [0.717, 1.165) is 11.0 Å². The van der Waals surface area contributed by atoms with Crippen LogP contribution >= 0.6 is 11.3 Å². The topological polar surface area (TPSA) is 25.8 Å². The number of rotatable bonds is 0. The second-order valence-corrected chi connectivity index (χ2v) is 5.08. The molecular formula is C14H8N2S. The minimum absolute atomic E-state index is 1.03. The van der Waals surface area contributed by atoms with Crippen molar-refractivity contribution >= 4 is 42.5 Å². The zero-order valence-corrected chi connectivity index (χ0v) is 9.74. The number of fused-ring (bicyclic) bond motifs is 4. The van der Waals surface area contributed by atoms with Gasteiger partial charge in [0.2, 0.25) is 0 Å². The van der Waals surface area contributed by atoms with Gasteiger partial charge >= 0.3 is 0 Å². The molecule has 0 atom stereocenters. The minimum Gasteiger partial charge on any atom is -0.256 e. The average Bonchev–Trinajstić information content (AvgIpc) is 2.73. The number of hydrogen-bond acceptors (Lipinski definition) is 3. The molecule has 0 aliphatic heterocycles. The highest BCUT2D eigenvalue weighted by Gasteiger charge is 2.06. The Morgan fingerprint density at radius 2 is 1.76 bits per heavy atom. The zero-order valence-electron chi connectivity index (χ0n) is 8.92. The summed E-state index contributed by atoms with van der Waals surface area (Å²) in [6.07, 6.45) is 3.67. The fourth-order valence-electron chi connectivity index (χ4n) is 2.16. The van der Waals surface area contributed by atoms with Crippen LogP contribution in [0, 0.1) is 0 Å². The van der Waals surface area contributed by atoms with Gasteiger partial charge in [0.25, 0.3) is 0 Å². The smallest absolute Gasteiger partial charge is 0.0889 e. The summed E-state index contributed by atoms with van der Waals surface area (Å²) in [6, 6.07) is 12.5. The first-order chi connectivity index (χ1) is 8.42. The Morgan fingerprint density at radius 1 is 0.882 bits per heavy atom. The molecule has 0 aliphatic rings. The summed E-state index contributed by atoms with van der Waals surface area (Å²) < 4.78 is 2.51. The summed E-state index contributed by atoms with van der Waals surface area (Å²) in [5.41, 5.74) is 2.12. The van der Waals surface area contributed by atoms with E-state index < -0.39 is 0 Å². The van der Waals surface area contributed by atoms with Crippen LogP contribution in [0.3, 0.4) is 0 Å². The number of aromatic nitrogens is 2. The van der Waals surface area contributed by atoms with E-state index in [2.05, 4.69) is 34.2 Å². The molecule has 2 nitrogen and oxygen atoms in total. The summed E-state index contributed by atoms with van der Waals surface area (Å²) in [5, 5.41) is 2.39. The van der Waals surface area contributed by atoms with Gasteiger partial charge in [-0.15, -0.1) is 11.3 Å². The number of benzene rings is 1. The second kappa shape index (κ2) is 3.25.